The Labute approximate surface area is 196 Å². The Bertz CT molecular complexity index is 1010. The van der Waals surface area contributed by atoms with Crippen LogP contribution in [0.3, 0.4) is 0 Å². The van der Waals surface area contributed by atoms with Crippen LogP contribution in [-0.2, 0) is 6.54 Å². The van der Waals surface area contributed by atoms with Crippen molar-refractivity contribution in [3.63, 3.8) is 0 Å². The van der Waals surface area contributed by atoms with Crippen molar-refractivity contribution in [1.29, 1.82) is 0 Å². The molecular weight excluding hydrogens is 412 g/mol. The molecule has 0 spiro atoms. The Morgan fingerprint density at radius 2 is 1.64 bits per heavy atom. The highest BCUT2D eigenvalue weighted by Crippen LogP contribution is 2.33. The van der Waals surface area contributed by atoms with E-state index in [1.54, 1.807) is 7.11 Å². The molecule has 1 aliphatic carbocycles. The molecule has 1 saturated carbocycles. The highest BCUT2D eigenvalue weighted by Gasteiger charge is 2.32. The molecule has 1 aromatic heterocycles. The zero-order valence-electron chi connectivity index (χ0n) is 19.5. The van der Waals surface area contributed by atoms with Crippen molar-refractivity contribution in [1.82, 2.24) is 30.0 Å². The number of tetrazole rings is 1. The van der Waals surface area contributed by atoms with Gasteiger partial charge in [0, 0.05) is 38.3 Å². The number of aromatic nitrogens is 4. The van der Waals surface area contributed by atoms with E-state index in [0.717, 1.165) is 44.3 Å². The molecule has 7 heteroatoms. The van der Waals surface area contributed by atoms with Crippen molar-refractivity contribution < 1.29 is 4.74 Å². The molecule has 0 amide bonds. The minimum Gasteiger partial charge on any atom is -0.496 e. The van der Waals surface area contributed by atoms with E-state index in [4.69, 9.17) is 4.74 Å². The van der Waals surface area contributed by atoms with Crippen molar-refractivity contribution in [2.75, 3.05) is 33.3 Å². The summed E-state index contributed by atoms with van der Waals surface area (Å²) in [4.78, 5) is 5.07. The van der Waals surface area contributed by atoms with Gasteiger partial charge in [-0.3, -0.25) is 9.80 Å². The maximum Gasteiger partial charge on any atom is 0.173 e. The van der Waals surface area contributed by atoms with Crippen molar-refractivity contribution in [3.8, 4) is 5.75 Å². The van der Waals surface area contributed by atoms with Gasteiger partial charge in [-0.1, -0.05) is 67.8 Å². The van der Waals surface area contributed by atoms with Crippen LogP contribution in [0.25, 0.3) is 0 Å². The predicted octanol–water partition coefficient (Wildman–Crippen LogP) is 4.09. The van der Waals surface area contributed by atoms with E-state index >= 15 is 0 Å². The topological polar surface area (TPSA) is 59.3 Å². The van der Waals surface area contributed by atoms with Crippen molar-refractivity contribution in [2.45, 2.75) is 50.7 Å². The average molecular weight is 447 g/mol. The van der Waals surface area contributed by atoms with E-state index in [-0.39, 0.29) is 6.04 Å². The Kier molecular flexibility index (Phi) is 6.98. The summed E-state index contributed by atoms with van der Waals surface area (Å²) in [5.74, 6) is 1.96. The van der Waals surface area contributed by atoms with Gasteiger partial charge in [-0.25, -0.2) is 4.68 Å². The smallest absolute Gasteiger partial charge is 0.173 e. The lowest BCUT2D eigenvalue weighted by molar-refractivity contribution is 0.0981. The molecule has 0 N–H and O–H groups in total. The second-order valence-corrected chi connectivity index (χ2v) is 9.21. The standard InChI is InChI=1S/C26H34N6O/c1-33-24-15-9-8-12-22(24)20-30-16-18-31(19-17-30)25(21-10-4-2-5-11-21)26-27-28-29-32(26)23-13-6-3-7-14-23/h2,4-5,8-12,15,23,25H,3,6-7,13-14,16-20H2,1H3/t25-/m0/s1. The van der Waals surface area contributed by atoms with Crippen LogP contribution < -0.4 is 4.74 Å². The summed E-state index contributed by atoms with van der Waals surface area (Å²) < 4.78 is 7.70. The van der Waals surface area contributed by atoms with Crippen LogP contribution in [-0.4, -0.2) is 63.3 Å². The molecule has 2 heterocycles. The van der Waals surface area contributed by atoms with Crippen LogP contribution >= 0.6 is 0 Å². The van der Waals surface area contributed by atoms with Gasteiger partial charge in [0.1, 0.15) is 5.75 Å². The number of rotatable bonds is 7. The fourth-order valence-electron chi connectivity index (χ4n) is 5.38. The van der Waals surface area contributed by atoms with Gasteiger partial charge in [0.2, 0.25) is 0 Å². The average Bonchev–Trinajstić information content (AvgIpc) is 3.36. The normalized spacial score (nSPS) is 19.4. The molecule has 1 saturated heterocycles. The molecular formula is C26H34N6O. The lowest BCUT2D eigenvalue weighted by Gasteiger charge is -2.39. The molecule has 0 bridgehead atoms. The van der Waals surface area contributed by atoms with Gasteiger partial charge in [0.05, 0.1) is 19.2 Å². The molecule has 0 unspecified atom stereocenters. The number of ether oxygens (including phenoxy) is 1. The number of methoxy groups -OCH3 is 1. The number of benzene rings is 2. The SMILES string of the molecule is COc1ccccc1CN1CCN([C@@H](c2ccccc2)c2nnnn2C2CCCCC2)CC1. The highest BCUT2D eigenvalue weighted by atomic mass is 16.5. The van der Waals surface area contributed by atoms with Gasteiger partial charge in [0.15, 0.2) is 5.82 Å². The maximum atomic E-state index is 5.56. The second kappa shape index (κ2) is 10.4. The number of para-hydroxylation sites is 1. The molecule has 2 fully saturated rings. The van der Waals surface area contributed by atoms with Gasteiger partial charge in [0.25, 0.3) is 0 Å². The first-order valence-electron chi connectivity index (χ1n) is 12.2. The molecule has 33 heavy (non-hydrogen) atoms. The fourth-order valence-corrected chi connectivity index (χ4v) is 5.38. The number of piperazine rings is 1. The summed E-state index contributed by atoms with van der Waals surface area (Å²) >= 11 is 0. The summed E-state index contributed by atoms with van der Waals surface area (Å²) in [6.45, 7) is 4.88. The summed E-state index contributed by atoms with van der Waals surface area (Å²) in [6.07, 6.45) is 6.20. The molecule has 174 valence electrons. The van der Waals surface area contributed by atoms with Crippen LogP contribution in [0.5, 0.6) is 5.75 Å². The lowest BCUT2D eigenvalue weighted by atomic mass is 9.95. The zero-order valence-corrected chi connectivity index (χ0v) is 19.5. The Balaban J connectivity index is 1.35. The van der Waals surface area contributed by atoms with Gasteiger partial charge >= 0.3 is 0 Å². The maximum absolute atomic E-state index is 5.56. The van der Waals surface area contributed by atoms with Gasteiger partial charge < -0.3 is 4.74 Å². The van der Waals surface area contributed by atoms with E-state index in [1.807, 2.05) is 12.1 Å². The Hall–Kier alpha value is -2.77. The first-order chi connectivity index (χ1) is 16.3. The third-order valence-corrected chi connectivity index (χ3v) is 7.16. The third kappa shape index (κ3) is 4.94. The minimum absolute atomic E-state index is 0.0801. The van der Waals surface area contributed by atoms with Gasteiger partial charge in [-0.15, -0.1) is 5.10 Å². The highest BCUT2D eigenvalue weighted by molar-refractivity contribution is 5.33. The van der Waals surface area contributed by atoms with Crippen molar-refractivity contribution in [3.05, 3.63) is 71.5 Å². The second-order valence-electron chi connectivity index (χ2n) is 9.21. The quantitative estimate of drug-likeness (QED) is 0.545. The molecule has 5 rings (SSSR count). The summed E-state index contributed by atoms with van der Waals surface area (Å²) in [5, 5.41) is 13.2. The third-order valence-electron chi connectivity index (χ3n) is 7.16. The fraction of sp³-hybridized carbons (Fsp3) is 0.500. The van der Waals surface area contributed by atoms with E-state index in [0.29, 0.717) is 6.04 Å². The minimum atomic E-state index is 0.0801. The number of hydrogen-bond donors (Lipinski definition) is 0. The molecule has 3 aromatic rings. The molecule has 1 aliphatic heterocycles. The number of nitrogens with zero attached hydrogens (tertiary/aromatic N) is 6. The van der Waals surface area contributed by atoms with Crippen LogP contribution in [0.1, 0.15) is 61.1 Å². The molecule has 2 aliphatic rings. The van der Waals surface area contributed by atoms with E-state index in [9.17, 15) is 0 Å². The largest absolute Gasteiger partial charge is 0.496 e. The Morgan fingerprint density at radius 3 is 2.39 bits per heavy atom. The van der Waals surface area contributed by atoms with Gasteiger partial charge in [-0.2, -0.15) is 0 Å². The van der Waals surface area contributed by atoms with Crippen LogP contribution in [0.15, 0.2) is 54.6 Å². The van der Waals surface area contributed by atoms with Gasteiger partial charge in [-0.05, 0) is 34.9 Å². The molecule has 0 radical (unpaired) electrons. The Morgan fingerprint density at radius 1 is 0.909 bits per heavy atom. The number of hydrogen-bond acceptors (Lipinski definition) is 6. The molecule has 1 atom stereocenters. The van der Waals surface area contributed by atoms with Crippen LogP contribution in [0, 0.1) is 0 Å². The zero-order chi connectivity index (χ0) is 22.5. The predicted molar refractivity (Wildman–Crippen MR) is 128 cm³/mol. The summed E-state index contributed by atoms with van der Waals surface area (Å²) in [6, 6.07) is 19.6. The molecule has 7 nitrogen and oxygen atoms in total. The monoisotopic (exact) mass is 446 g/mol. The molecule has 2 aromatic carbocycles. The van der Waals surface area contributed by atoms with Crippen LogP contribution in [0.2, 0.25) is 0 Å². The van der Waals surface area contributed by atoms with Crippen molar-refractivity contribution >= 4 is 0 Å². The van der Waals surface area contributed by atoms with E-state index in [1.165, 1.54) is 43.2 Å². The first-order valence-corrected chi connectivity index (χ1v) is 12.2. The van der Waals surface area contributed by atoms with E-state index in [2.05, 4.69) is 72.5 Å². The lowest BCUT2D eigenvalue weighted by Crippen LogP contribution is -2.48. The summed E-state index contributed by atoms with van der Waals surface area (Å²) in [7, 11) is 1.75. The van der Waals surface area contributed by atoms with E-state index < -0.39 is 0 Å². The van der Waals surface area contributed by atoms with Crippen molar-refractivity contribution in [2.24, 2.45) is 0 Å². The first kappa shape index (κ1) is 22.0. The summed E-state index contributed by atoms with van der Waals surface area (Å²) in [5.41, 5.74) is 2.51. The van der Waals surface area contributed by atoms with Crippen LogP contribution in [0.4, 0.5) is 0 Å².